The Morgan fingerprint density at radius 3 is 2.82 bits per heavy atom. The summed E-state index contributed by atoms with van der Waals surface area (Å²) in [6, 6.07) is 6.19. The number of hydrogen-bond donors (Lipinski definition) is 1. The molecule has 1 fully saturated rings. The second-order valence-corrected chi connectivity index (χ2v) is 5.25. The van der Waals surface area contributed by atoms with E-state index < -0.39 is 0 Å². The molecule has 0 aliphatic heterocycles. The molecule has 0 bridgehead atoms. The van der Waals surface area contributed by atoms with Gasteiger partial charge in [0.1, 0.15) is 5.82 Å². The van der Waals surface area contributed by atoms with Gasteiger partial charge in [0.2, 0.25) is 5.91 Å². The molecular formula is C14H18FNO. The van der Waals surface area contributed by atoms with E-state index in [9.17, 15) is 9.18 Å². The van der Waals surface area contributed by atoms with Crippen molar-refractivity contribution in [2.24, 2.45) is 5.41 Å². The highest BCUT2D eigenvalue weighted by atomic mass is 19.1. The topological polar surface area (TPSA) is 29.1 Å². The van der Waals surface area contributed by atoms with Gasteiger partial charge >= 0.3 is 0 Å². The Morgan fingerprint density at radius 1 is 1.47 bits per heavy atom. The zero-order chi connectivity index (χ0) is 12.3. The van der Waals surface area contributed by atoms with Gasteiger partial charge in [-0.2, -0.15) is 0 Å². The standard InChI is InChI=1S/C14H18FNO/c1-14(6-3-7-14)10-16-13(17)9-11-4-2-5-12(15)8-11/h2,4-5,8H,3,6-7,9-10H2,1H3,(H,16,17). The highest BCUT2D eigenvalue weighted by molar-refractivity contribution is 5.78. The Kier molecular flexibility index (Phi) is 3.46. The molecule has 1 saturated carbocycles. The predicted molar refractivity (Wildman–Crippen MR) is 65.1 cm³/mol. The van der Waals surface area contributed by atoms with Crippen molar-refractivity contribution in [1.29, 1.82) is 0 Å². The van der Waals surface area contributed by atoms with Crippen LogP contribution in [0.15, 0.2) is 24.3 Å². The fraction of sp³-hybridized carbons (Fsp3) is 0.500. The first-order valence-corrected chi connectivity index (χ1v) is 6.09. The van der Waals surface area contributed by atoms with E-state index >= 15 is 0 Å². The van der Waals surface area contributed by atoms with Gasteiger partial charge < -0.3 is 5.32 Å². The van der Waals surface area contributed by atoms with Gasteiger partial charge in [-0.3, -0.25) is 4.79 Å². The molecule has 2 rings (SSSR count). The predicted octanol–water partition coefficient (Wildman–Crippen LogP) is 2.67. The summed E-state index contributed by atoms with van der Waals surface area (Å²) >= 11 is 0. The summed E-state index contributed by atoms with van der Waals surface area (Å²) in [5.74, 6) is -0.315. The first-order valence-electron chi connectivity index (χ1n) is 6.09. The second kappa shape index (κ2) is 4.86. The first kappa shape index (κ1) is 12.1. The Balaban J connectivity index is 1.81. The van der Waals surface area contributed by atoms with E-state index in [2.05, 4.69) is 12.2 Å². The average Bonchev–Trinajstić information content (AvgIpc) is 2.24. The lowest BCUT2D eigenvalue weighted by atomic mass is 9.70. The lowest BCUT2D eigenvalue weighted by Gasteiger charge is -2.38. The van der Waals surface area contributed by atoms with Gasteiger partial charge in [-0.25, -0.2) is 4.39 Å². The van der Waals surface area contributed by atoms with E-state index in [1.54, 1.807) is 12.1 Å². The smallest absolute Gasteiger partial charge is 0.224 e. The molecule has 92 valence electrons. The second-order valence-electron chi connectivity index (χ2n) is 5.25. The molecule has 3 heteroatoms. The zero-order valence-electron chi connectivity index (χ0n) is 10.1. The van der Waals surface area contributed by atoms with Gasteiger partial charge in [-0.1, -0.05) is 25.5 Å². The van der Waals surface area contributed by atoms with Crippen LogP contribution in [-0.4, -0.2) is 12.5 Å². The molecule has 1 amide bonds. The molecule has 0 unspecified atom stereocenters. The van der Waals surface area contributed by atoms with E-state index in [1.165, 1.54) is 31.4 Å². The molecule has 17 heavy (non-hydrogen) atoms. The van der Waals surface area contributed by atoms with Gasteiger partial charge in [-0.15, -0.1) is 0 Å². The molecule has 0 saturated heterocycles. The number of carbonyl (C=O) groups is 1. The number of halogens is 1. The highest BCUT2D eigenvalue weighted by Gasteiger charge is 2.31. The molecule has 0 spiro atoms. The Hall–Kier alpha value is -1.38. The van der Waals surface area contributed by atoms with Crippen molar-refractivity contribution in [3.8, 4) is 0 Å². The van der Waals surface area contributed by atoms with Crippen molar-refractivity contribution in [3.05, 3.63) is 35.6 Å². The quantitative estimate of drug-likeness (QED) is 0.854. The number of rotatable bonds is 4. The molecule has 0 atom stereocenters. The van der Waals surface area contributed by atoms with Crippen LogP contribution in [0.4, 0.5) is 4.39 Å². The van der Waals surface area contributed by atoms with Crippen molar-refractivity contribution in [2.45, 2.75) is 32.6 Å². The Bertz CT molecular complexity index is 412. The van der Waals surface area contributed by atoms with Crippen LogP contribution in [0.3, 0.4) is 0 Å². The molecule has 0 radical (unpaired) electrons. The lowest BCUT2D eigenvalue weighted by Crippen LogP contribution is -2.40. The van der Waals surface area contributed by atoms with Gasteiger partial charge in [0, 0.05) is 6.54 Å². The van der Waals surface area contributed by atoms with Crippen molar-refractivity contribution in [2.75, 3.05) is 6.54 Å². The van der Waals surface area contributed by atoms with E-state index in [-0.39, 0.29) is 23.6 Å². The third-order valence-corrected chi connectivity index (χ3v) is 3.53. The molecule has 2 nitrogen and oxygen atoms in total. The third-order valence-electron chi connectivity index (χ3n) is 3.53. The third kappa shape index (κ3) is 3.29. The minimum absolute atomic E-state index is 0.0243. The summed E-state index contributed by atoms with van der Waals surface area (Å²) in [5, 5.41) is 2.93. The van der Waals surface area contributed by atoms with Gasteiger partial charge in [0.25, 0.3) is 0 Å². The van der Waals surface area contributed by atoms with Crippen LogP contribution in [0.1, 0.15) is 31.7 Å². The summed E-state index contributed by atoms with van der Waals surface area (Å²) in [6.07, 6.45) is 3.89. The number of nitrogens with one attached hydrogen (secondary N) is 1. The van der Waals surface area contributed by atoms with Crippen LogP contribution >= 0.6 is 0 Å². The fourth-order valence-electron chi connectivity index (χ4n) is 2.16. The minimum Gasteiger partial charge on any atom is -0.355 e. The molecule has 1 aliphatic rings. The molecule has 1 aromatic rings. The van der Waals surface area contributed by atoms with Crippen molar-refractivity contribution < 1.29 is 9.18 Å². The van der Waals surface area contributed by atoms with Crippen molar-refractivity contribution in [3.63, 3.8) is 0 Å². The maximum absolute atomic E-state index is 12.9. The number of amides is 1. The van der Waals surface area contributed by atoms with Crippen LogP contribution < -0.4 is 5.32 Å². The van der Waals surface area contributed by atoms with Crippen LogP contribution in [-0.2, 0) is 11.2 Å². The molecule has 0 aromatic heterocycles. The molecule has 1 N–H and O–H groups in total. The van der Waals surface area contributed by atoms with Crippen molar-refractivity contribution in [1.82, 2.24) is 5.32 Å². The van der Waals surface area contributed by atoms with E-state index in [4.69, 9.17) is 0 Å². The number of carbonyl (C=O) groups excluding carboxylic acids is 1. The van der Waals surface area contributed by atoms with Gasteiger partial charge in [-0.05, 0) is 36.0 Å². The number of benzene rings is 1. The maximum atomic E-state index is 12.9. The Labute approximate surface area is 101 Å². The lowest BCUT2D eigenvalue weighted by molar-refractivity contribution is -0.121. The molecule has 1 aromatic carbocycles. The van der Waals surface area contributed by atoms with Crippen molar-refractivity contribution >= 4 is 5.91 Å². The largest absolute Gasteiger partial charge is 0.355 e. The summed E-state index contributed by atoms with van der Waals surface area (Å²) in [7, 11) is 0. The zero-order valence-corrected chi connectivity index (χ0v) is 10.1. The van der Waals surface area contributed by atoms with Crippen LogP contribution in [0.2, 0.25) is 0 Å². The summed E-state index contributed by atoms with van der Waals surface area (Å²) < 4.78 is 12.9. The average molecular weight is 235 g/mol. The summed E-state index contributed by atoms with van der Waals surface area (Å²) in [4.78, 5) is 11.7. The van der Waals surface area contributed by atoms with Gasteiger partial charge in [0.05, 0.1) is 6.42 Å². The van der Waals surface area contributed by atoms with E-state index in [0.717, 1.165) is 12.1 Å². The van der Waals surface area contributed by atoms with Crippen LogP contribution in [0.25, 0.3) is 0 Å². The van der Waals surface area contributed by atoms with Gasteiger partial charge in [0.15, 0.2) is 0 Å². The van der Waals surface area contributed by atoms with Crippen LogP contribution in [0, 0.1) is 11.2 Å². The maximum Gasteiger partial charge on any atom is 0.224 e. The monoisotopic (exact) mass is 235 g/mol. The summed E-state index contributed by atoms with van der Waals surface area (Å²) in [5.41, 5.74) is 1.01. The molecule has 1 aliphatic carbocycles. The fourth-order valence-corrected chi connectivity index (χ4v) is 2.16. The number of hydrogen-bond acceptors (Lipinski definition) is 1. The molecule has 0 heterocycles. The first-order chi connectivity index (χ1) is 8.07. The highest BCUT2D eigenvalue weighted by Crippen LogP contribution is 2.39. The minimum atomic E-state index is -0.291. The molecular weight excluding hydrogens is 217 g/mol. The van der Waals surface area contributed by atoms with E-state index in [0.29, 0.717) is 0 Å². The SMILES string of the molecule is CC1(CNC(=O)Cc2cccc(F)c2)CCC1. The van der Waals surface area contributed by atoms with E-state index in [1.807, 2.05) is 0 Å². The van der Waals surface area contributed by atoms with Crippen LogP contribution in [0.5, 0.6) is 0 Å². The summed E-state index contributed by atoms with van der Waals surface area (Å²) in [6.45, 7) is 2.93. The normalized spacial score (nSPS) is 17.3. The Morgan fingerprint density at radius 2 is 2.24 bits per heavy atom.